The Morgan fingerprint density at radius 3 is 2.09 bits per heavy atom. The molecule has 0 bridgehead atoms. The zero-order valence-corrected chi connectivity index (χ0v) is 29.2. The summed E-state index contributed by atoms with van der Waals surface area (Å²) in [5, 5.41) is 11.9. The summed E-state index contributed by atoms with van der Waals surface area (Å²) in [6, 6.07) is 1.99. The summed E-state index contributed by atoms with van der Waals surface area (Å²) in [6.45, 7) is 2.46. The van der Waals surface area contributed by atoms with Crippen LogP contribution >= 0.6 is 0 Å². The van der Waals surface area contributed by atoms with Crippen molar-refractivity contribution in [1.82, 2.24) is 9.97 Å². The standard InChI is InChI=1S/C35H35F9N4O7/c1-3-24-17-26(25-16-21(33(36,37)38)7-8-28(25)48(24)32(52)55-11-5-10-53-19(2)49)46-31-45-18-29(54-9-4-6-30(50)51)27(47-31)14-20-12-22(34(39,40)41)15-23(13-20)35(42,43)44/h7-8,12-13,15-16,18,24,26H,3-6,9-11,14,17H2,1-2H3,(H,50,51)(H,45,46,47)/t24-,26+/m1/s1. The molecule has 55 heavy (non-hydrogen) atoms. The van der Waals surface area contributed by atoms with Gasteiger partial charge in [-0.25, -0.2) is 14.8 Å². The van der Waals surface area contributed by atoms with Crippen molar-refractivity contribution in [3.8, 4) is 5.75 Å². The third-order valence-electron chi connectivity index (χ3n) is 8.29. The van der Waals surface area contributed by atoms with Crippen molar-refractivity contribution in [2.75, 3.05) is 30.0 Å². The molecule has 0 radical (unpaired) electrons. The highest BCUT2D eigenvalue weighted by atomic mass is 19.4. The van der Waals surface area contributed by atoms with Crippen molar-refractivity contribution in [1.29, 1.82) is 0 Å². The number of hydrogen-bond acceptors (Lipinski definition) is 9. The van der Waals surface area contributed by atoms with E-state index in [0.717, 1.165) is 24.4 Å². The number of nitrogens with one attached hydrogen (secondary N) is 1. The third kappa shape index (κ3) is 11.6. The smallest absolute Gasteiger partial charge is 0.416 e. The molecule has 1 aliphatic heterocycles. The Morgan fingerprint density at radius 1 is 0.873 bits per heavy atom. The van der Waals surface area contributed by atoms with Gasteiger partial charge in [-0.15, -0.1) is 0 Å². The number of amides is 1. The quantitative estimate of drug-likeness (QED) is 0.0927. The summed E-state index contributed by atoms with van der Waals surface area (Å²) in [4.78, 5) is 44.9. The van der Waals surface area contributed by atoms with Crippen molar-refractivity contribution in [2.45, 2.75) is 83.0 Å². The number of anilines is 2. The molecule has 4 rings (SSSR count). The Labute approximate surface area is 307 Å². The van der Waals surface area contributed by atoms with Crippen LogP contribution in [0.3, 0.4) is 0 Å². The van der Waals surface area contributed by atoms with Gasteiger partial charge in [-0.3, -0.25) is 14.5 Å². The first kappa shape index (κ1) is 42.4. The number of carboxylic acids is 1. The minimum Gasteiger partial charge on any atom is -0.490 e. The van der Waals surface area contributed by atoms with E-state index in [0.29, 0.717) is 12.1 Å². The fraction of sp³-hybridized carbons (Fsp3) is 0.457. The molecule has 2 heterocycles. The first-order valence-corrected chi connectivity index (χ1v) is 16.7. The van der Waals surface area contributed by atoms with Crippen molar-refractivity contribution < 1.29 is 73.2 Å². The number of rotatable bonds is 14. The molecular formula is C35H35F9N4O7. The molecule has 11 nitrogen and oxygen atoms in total. The van der Waals surface area contributed by atoms with E-state index in [2.05, 4.69) is 15.3 Å². The van der Waals surface area contributed by atoms with Crippen molar-refractivity contribution >= 4 is 29.7 Å². The molecule has 0 saturated carbocycles. The highest BCUT2D eigenvalue weighted by molar-refractivity contribution is 5.90. The second kappa shape index (κ2) is 17.4. The van der Waals surface area contributed by atoms with Gasteiger partial charge in [-0.05, 0) is 66.8 Å². The minimum absolute atomic E-state index is 0.0248. The van der Waals surface area contributed by atoms with Crippen LogP contribution in [0.4, 0.5) is 55.9 Å². The third-order valence-corrected chi connectivity index (χ3v) is 8.29. The molecule has 2 aromatic carbocycles. The number of carbonyl (C=O) groups is 3. The van der Waals surface area contributed by atoms with E-state index in [9.17, 15) is 53.9 Å². The van der Waals surface area contributed by atoms with Gasteiger partial charge in [0.25, 0.3) is 0 Å². The number of fused-ring (bicyclic) bond motifs is 1. The molecule has 0 saturated heterocycles. The predicted molar refractivity (Wildman–Crippen MR) is 175 cm³/mol. The Hall–Kier alpha value is -5.30. The van der Waals surface area contributed by atoms with Crippen LogP contribution in [0.15, 0.2) is 42.6 Å². The summed E-state index contributed by atoms with van der Waals surface area (Å²) in [6.07, 6.45) is -15.5. The molecule has 1 aromatic heterocycles. The lowest BCUT2D eigenvalue weighted by Gasteiger charge is -2.40. The maximum Gasteiger partial charge on any atom is 0.416 e. The van der Waals surface area contributed by atoms with Crippen LogP contribution in [0.1, 0.15) is 85.5 Å². The van der Waals surface area contributed by atoms with Gasteiger partial charge in [0.1, 0.15) is 0 Å². The molecule has 0 fully saturated rings. The van der Waals surface area contributed by atoms with Gasteiger partial charge in [0.05, 0.1) is 60.1 Å². The largest absolute Gasteiger partial charge is 0.490 e. The van der Waals surface area contributed by atoms with Gasteiger partial charge in [0.2, 0.25) is 5.95 Å². The van der Waals surface area contributed by atoms with Gasteiger partial charge < -0.3 is 24.6 Å². The second-order valence-electron chi connectivity index (χ2n) is 12.4. The fourth-order valence-corrected chi connectivity index (χ4v) is 5.77. The SMILES string of the molecule is CC[C@@H]1C[C@H](Nc2ncc(OCCCC(=O)O)c(Cc3cc(C(F)(F)F)cc(C(F)(F)F)c3)n2)c2cc(C(F)(F)F)ccc2N1C(=O)OCCCOC(C)=O. The lowest BCUT2D eigenvalue weighted by Crippen LogP contribution is -2.46. The Kier molecular flexibility index (Phi) is 13.5. The zero-order chi connectivity index (χ0) is 40.7. The van der Waals surface area contributed by atoms with Crippen LogP contribution in [0.2, 0.25) is 0 Å². The van der Waals surface area contributed by atoms with Crippen LogP contribution < -0.4 is 15.0 Å². The highest BCUT2D eigenvalue weighted by Gasteiger charge is 2.40. The van der Waals surface area contributed by atoms with Crippen molar-refractivity contribution in [3.05, 3.63) is 76.1 Å². The Morgan fingerprint density at radius 2 is 1.51 bits per heavy atom. The number of esters is 1. The zero-order valence-electron chi connectivity index (χ0n) is 29.2. The number of aromatic nitrogens is 2. The van der Waals surface area contributed by atoms with Gasteiger partial charge in [-0.2, -0.15) is 39.5 Å². The van der Waals surface area contributed by atoms with E-state index in [1.807, 2.05) is 0 Å². The second-order valence-corrected chi connectivity index (χ2v) is 12.4. The van der Waals surface area contributed by atoms with Crippen LogP contribution in [-0.4, -0.2) is 59.0 Å². The summed E-state index contributed by atoms with van der Waals surface area (Å²) >= 11 is 0. The normalized spacial score (nSPS) is 15.9. The summed E-state index contributed by atoms with van der Waals surface area (Å²) in [7, 11) is 0. The highest BCUT2D eigenvalue weighted by Crippen LogP contribution is 2.43. The maximum absolute atomic E-state index is 13.9. The molecule has 3 aromatic rings. The van der Waals surface area contributed by atoms with E-state index in [-0.39, 0.29) is 86.6 Å². The Bertz CT molecular complexity index is 1820. The summed E-state index contributed by atoms with van der Waals surface area (Å²) in [5.74, 6) is -2.18. The van der Waals surface area contributed by atoms with Gasteiger partial charge >= 0.3 is 36.6 Å². The van der Waals surface area contributed by atoms with E-state index < -0.39 is 77.3 Å². The molecule has 2 atom stereocenters. The van der Waals surface area contributed by atoms with Gasteiger partial charge in [0.15, 0.2) is 5.75 Å². The average Bonchev–Trinajstić information content (AvgIpc) is 3.08. The lowest BCUT2D eigenvalue weighted by molar-refractivity contribution is -0.143. The molecule has 0 aliphatic carbocycles. The monoisotopic (exact) mass is 794 g/mol. The number of aliphatic carboxylic acids is 1. The number of benzene rings is 2. The van der Waals surface area contributed by atoms with Crippen LogP contribution in [0, 0.1) is 0 Å². The average molecular weight is 795 g/mol. The predicted octanol–water partition coefficient (Wildman–Crippen LogP) is 8.60. The molecular weight excluding hydrogens is 759 g/mol. The number of halogens is 9. The number of alkyl halides is 9. The van der Waals surface area contributed by atoms with Crippen LogP contribution in [0.5, 0.6) is 5.75 Å². The lowest BCUT2D eigenvalue weighted by atomic mass is 9.89. The van der Waals surface area contributed by atoms with Gasteiger partial charge in [0, 0.05) is 32.2 Å². The van der Waals surface area contributed by atoms with E-state index in [1.165, 1.54) is 11.8 Å². The molecule has 0 unspecified atom stereocenters. The number of carbonyl (C=O) groups excluding carboxylic acids is 2. The first-order chi connectivity index (χ1) is 25.7. The topological polar surface area (TPSA) is 140 Å². The Balaban J connectivity index is 1.73. The summed E-state index contributed by atoms with van der Waals surface area (Å²) in [5.41, 5.74) is -4.87. The molecule has 20 heteroatoms. The van der Waals surface area contributed by atoms with Crippen LogP contribution in [0.25, 0.3) is 0 Å². The van der Waals surface area contributed by atoms with Crippen molar-refractivity contribution in [3.63, 3.8) is 0 Å². The van der Waals surface area contributed by atoms with E-state index in [1.54, 1.807) is 6.92 Å². The minimum atomic E-state index is -5.14. The molecule has 0 spiro atoms. The van der Waals surface area contributed by atoms with Gasteiger partial charge in [-0.1, -0.05) is 6.92 Å². The molecule has 1 amide bonds. The van der Waals surface area contributed by atoms with E-state index in [4.69, 9.17) is 19.3 Å². The van der Waals surface area contributed by atoms with Crippen LogP contribution in [-0.2, 0) is 44.0 Å². The number of ether oxygens (including phenoxy) is 3. The maximum atomic E-state index is 13.9. The number of carboxylic acid groups (broad SMARTS) is 1. The van der Waals surface area contributed by atoms with E-state index >= 15 is 0 Å². The number of nitrogens with zero attached hydrogens (tertiary/aromatic N) is 3. The first-order valence-electron chi connectivity index (χ1n) is 16.7. The molecule has 300 valence electrons. The summed E-state index contributed by atoms with van der Waals surface area (Å²) < 4.78 is 139. The molecule has 2 N–H and O–H groups in total. The molecule has 1 aliphatic rings. The van der Waals surface area contributed by atoms with Crippen molar-refractivity contribution in [2.24, 2.45) is 0 Å². The number of hydrogen-bond donors (Lipinski definition) is 2. The fourth-order valence-electron chi connectivity index (χ4n) is 5.77.